The summed E-state index contributed by atoms with van der Waals surface area (Å²) in [7, 11) is 0. The highest BCUT2D eigenvalue weighted by molar-refractivity contribution is 5.82. The molecule has 3 aromatic rings. The van der Waals surface area contributed by atoms with Gasteiger partial charge in [0, 0.05) is 18.9 Å². The van der Waals surface area contributed by atoms with Gasteiger partial charge in [-0.15, -0.1) is 0 Å². The van der Waals surface area contributed by atoms with E-state index in [0.717, 1.165) is 24.8 Å². The van der Waals surface area contributed by atoms with Crippen LogP contribution in [0.3, 0.4) is 0 Å². The Morgan fingerprint density at radius 3 is 2.85 bits per heavy atom. The summed E-state index contributed by atoms with van der Waals surface area (Å²) in [6, 6.07) is 10.5. The first-order valence-electron chi connectivity index (χ1n) is 9.33. The molecule has 0 N–H and O–H groups in total. The van der Waals surface area contributed by atoms with Gasteiger partial charge in [0.2, 0.25) is 5.91 Å². The lowest BCUT2D eigenvalue weighted by molar-refractivity contribution is -0.138. The van der Waals surface area contributed by atoms with Gasteiger partial charge in [-0.2, -0.15) is 0 Å². The Morgan fingerprint density at radius 2 is 2.04 bits per heavy atom. The van der Waals surface area contributed by atoms with E-state index in [2.05, 4.69) is 9.97 Å². The molecule has 0 bridgehead atoms. The molecule has 2 atom stereocenters. The lowest BCUT2D eigenvalue weighted by atomic mass is 9.95. The summed E-state index contributed by atoms with van der Waals surface area (Å²) in [4.78, 5) is 36.6. The summed E-state index contributed by atoms with van der Waals surface area (Å²) < 4.78 is 1.44. The first-order chi connectivity index (χ1) is 13.2. The van der Waals surface area contributed by atoms with E-state index in [4.69, 9.17) is 0 Å². The predicted octanol–water partition coefficient (Wildman–Crippen LogP) is 3.11. The van der Waals surface area contributed by atoms with Gasteiger partial charge in [0.15, 0.2) is 0 Å². The van der Waals surface area contributed by atoms with Crippen molar-refractivity contribution in [3.63, 3.8) is 0 Å². The monoisotopic (exact) mass is 362 g/mol. The second-order valence-corrected chi connectivity index (χ2v) is 6.98. The van der Waals surface area contributed by atoms with Crippen molar-refractivity contribution < 1.29 is 4.79 Å². The minimum atomic E-state index is -0.605. The lowest BCUT2D eigenvalue weighted by Gasteiger charge is -2.37. The van der Waals surface area contributed by atoms with Gasteiger partial charge in [0.05, 0.1) is 23.3 Å². The number of carbonyl (C=O) groups is 1. The van der Waals surface area contributed by atoms with E-state index >= 15 is 0 Å². The minimum Gasteiger partial charge on any atom is -0.334 e. The zero-order chi connectivity index (χ0) is 18.8. The topological polar surface area (TPSA) is 68.1 Å². The summed E-state index contributed by atoms with van der Waals surface area (Å²) in [5.74, 6) is -0.0530. The molecule has 0 aliphatic carbocycles. The molecule has 1 amide bonds. The molecule has 0 unspecified atom stereocenters. The number of para-hydroxylation sites is 1. The lowest BCUT2D eigenvalue weighted by Crippen LogP contribution is -2.43. The summed E-state index contributed by atoms with van der Waals surface area (Å²) in [6.45, 7) is 2.47. The van der Waals surface area contributed by atoms with Crippen LogP contribution in [0.1, 0.15) is 43.8 Å². The highest BCUT2D eigenvalue weighted by Crippen LogP contribution is 2.32. The first-order valence-corrected chi connectivity index (χ1v) is 9.33. The van der Waals surface area contributed by atoms with Crippen LogP contribution in [0.4, 0.5) is 0 Å². The van der Waals surface area contributed by atoms with E-state index in [9.17, 15) is 9.59 Å². The molecule has 1 saturated heterocycles. The van der Waals surface area contributed by atoms with Crippen LogP contribution in [0.2, 0.25) is 0 Å². The van der Waals surface area contributed by atoms with E-state index in [0.29, 0.717) is 17.4 Å². The highest BCUT2D eigenvalue weighted by Gasteiger charge is 2.32. The van der Waals surface area contributed by atoms with Crippen molar-refractivity contribution in [2.24, 2.45) is 0 Å². The fraction of sp³-hybridized carbons (Fsp3) is 0.333. The second kappa shape index (κ2) is 7.31. The summed E-state index contributed by atoms with van der Waals surface area (Å²) in [5.41, 5.74) is 1.50. The van der Waals surface area contributed by atoms with Crippen molar-refractivity contribution in [3.8, 4) is 0 Å². The second-order valence-electron chi connectivity index (χ2n) is 6.98. The van der Waals surface area contributed by atoms with E-state index in [1.54, 1.807) is 25.3 Å². The molecule has 1 fully saturated rings. The van der Waals surface area contributed by atoms with Gasteiger partial charge in [0.25, 0.3) is 5.56 Å². The largest absolute Gasteiger partial charge is 0.334 e. The number of rotatable bonds is 3. The molecular weight excluding hydrogens is 340 g/mol. The van der Waals surface area contributed by atoms with Gasteiger partial charge >= 0.3 is 0 Å². The molecule has 1 aliphatic rings. The molecule has 138 valence electrons. The Kier molecular flexibility index (Phi) is 4.71. The zero-order valence-electron chi connectivity index (χ0n) is 15.3. The molecule has 0 saturated carbocycles. The molecule has 0 radical (unpaired) electrons. The van der Waals surface area contributed by atoms with Crippen LogP contribution in [0.15, 0.2) is 59.9 Å². The summed E-state index contributed by atoms with van der Waals surface area (Å²) >= 11 is 0. The number of aromatic nitrogens is 3. The van der Waals surface area contributed by atoms with Crippen LogP contribution in [-0.2, 0) is 4.79 Å². The number of hydrogen-bond acceptors (Lipinski definition) is 4. The Morgan fingerprint density at radius 1 is 1.19 bits per heavy atom. The molecule has 4 rings (SSSR count). The fourth-order valence-corrected chi connectivity index (χ4v) is 3.83. The zero-order valence-corrected chi connectivity index (χ0v) is 15.3. The Balaban J connectivity index is 1.67. The average molecular weight is 362 g/mol. The van der Waals surface area contributed by atoms with Crippen LogP contribution in [0, 0.1) is 0 Å². The van der Waals surface area contributed by atoms with Gasteiger partial charge < -0.3 is 4.90 Å². The number of benzene rings is 1. The minimum absolute atomic E-state index is 0.00603. The van der Waals surface area contributed by atoms with Crippen LogP contribution in [0.25, 0.3) is 10.9 Å². The Bertz CT molecular complexity index is 1020. The molecule has 6 heteroatoms. The molecular formula is C21H22N4O2. The number of nitrogens with zero attached hydrogens (tertiary/aromatic N) is 4. The van der Waals surface area contributed by atoms with Gasteiger partial charge in [-0.05, 0) is 49.9 Å². The number of fused-ring (bicyclic) bond motifs is 1. The summed E-state index contributed by atoms with van der Waals surface area (Å²) in [5, 5.41) is 0.530. The molecule has 6 nitrogen and oxygen atoms in total. The standard InChI is InChI=1S/C21H22N4O2/c1-15(25-14-23-18-9-3-2-8-17(18)21(25)27)20(26)24-12-5-4-10-19(24)16-7-6-11-22-13-16/h2-3,6-9,11,13-15,19H,4-5,10,12H2,1H3/t15-,19+/m1/s1. The predicted molar refractivity (Wildman–Crippen MR) is 103 cm³/mol. The third-order valence-electron chi connectivity index (χ3n) is 5.32. The molecule has 0 spiro atoms. The Hall–Kier alpha value is -3.02. The van der Waals surface area contributed by atoms with Crippen molar-refractivity contribution in [3.05, 3.63) is 71.0 Å². The average Bonchev–Trinajstić information content (AvgIpc) is 2.74. The van der Waals surface area contributed by atoms with Crippen LogP contribution >= 0.6 is 0 Å². The van der Waals surface area contributed by atoms with E-state index in [-0.39, 0.29) is 17.5 Å². The van der Waals surface area contributed by atoms with Gasteiger partial charge in [-0.3, -0.25) is 19.1 Å². The van der Waals surface area contributed by atoms with Gasteiger partial charge in [-0.25, -0.2) is 4.98 Å². The van der Waals surface area contributed by atoms with Crippen molar-refractivity contribution in [1.29, 1.82) is 0 Å². The van der Waals surface area contributed by atoms with E-state index < -0.39 is 6.04 Å². The first kappa shape index (κ1) is 17.4. The van der Waals surface area contributed by atoms with Crippen LogP contribution in [0.5, 0.6) is 0 Å². The highest BCUT2D eigenvalue weighted by atomic mass is 16.2. The maximum Gasteiger partial charge on any atom is 0.261 e. The molecule has 27 heavy (non-hydrogen) atoms. The maximum atomic E-state index is 13.3. The van der Waals surface area contributed by atoms with Crippen molar-refractivity contribution in [2.45, 2.75) is 38.3 Å². The molecule has 2 aromatic heterocycles. The Labute approximate surface area is 157 Å². The van der Waals surface area contributed by atoms with Crippen molar-refractivity contribution in [1.82, 2.24) is 19.4 Å². The van der Waals surface area contributed by atoms with Gasteiger partial charge in [-0.1, -0.05) is 18.2 Å². The molecule has 3 heterocycles. The third kappa shape index (κ3) is 3.23. The smallest absolute Gasteiger partial charge is 0.261 e. The van der Waals surface area contributed by atoms with Gasteiger partial charge in [0.1, 0.15) is 6.04 Å². The maximum absolute atomic E-state index is 13.3. The van der Waals surface area contributed by atoms with Crippen LogP contribution < -0.4 is 5.56 Å². The fourth-order valence-electron chi connectivity index (χ4n) is 3.83. The van der Waals surface area contributed by atoms with Crippen molar-refractivity contribution in [2.75, 3.05) is 6.54 Å². The molecule has 1 aliphatic heterocycles. The SMILES string of the molecule is C[C@H](C(=O)N1CCCC[C@H]1c1cccnc1)n1cnc2ccccc2c1=O. The number of likely N-dealkylation sites (tertiary alicyclic amines) is 1. The quantitative estimate of drug-likeness (QED) is 0.718. The summed E-state index contributed by atoms with van der Waals surface area (Å²) in [6.07, 6.45) is 8.01. The van der Waals surface area contributed by atoms with Crippen LogP contribution in [-0.4, -0.2) is 31.9 Å². The van der Waals surface area contributed by atoms with E-state index in [1.165, 1.54) is 10.9 Å². The normalized spacial score (nSPS) is 18.4. The third-order valence-corrected chi connectivity index (χ3v) is 5.32. The number of piperidine rings is 1. The number of pyridine rings is 1. The number of carbonyl (C=O) groups excluding carboxylic acids is 1. The molecule has 1 aromatic carbocycles. The number of amides is 1. The van der Waals surface area contributed by atoms with E-state index in [1.807, 2.05) is 35.4 Å². The number of hydrogen-bond donors (Lipinski definition) is 0. The van der Waals surface area contributed by atoms with Crippen molar-refractivity contribution >= 4 is 16.8 Å².